The molecule has 0 aliphatic carbocycles. The van der Waals surface area contributed by atoms with Crippen molar-refractivity contribution in [2.75, 3.05) is 5.32 Å². The predicted octanol–water partition coefficient (Wildman–Crippen LogP) is 4.48. The first-order valence-corrected chi connectivity index (χ1v) is 9.94. The van der Waals surface area contributed by atoms with Crippen molar-refractivity contribution in [1.29, 1.82) is 0 Å². The molecule has 2 amide bonds. The largest absolute Gasteiger partial charge is 0.441 e. The molecule has 3 rings (SSSR count). The number of nitrogens with one attached hydrogen (secondary N) is 2. The quantitative estimate of drug-likeness (QED) is 0.620. The maximum absolute atomic E-state index is 12.9. The highest BCUT2D eigenvalue weighted by atomic mass is 16.3. The molecule has 6 nitrogen and oxygen atoms in total. The Balaban J connectivity index is 1.76. The Kier molecular flexibility index (Phi) is 6.32. The third-order valence-corrected chi connectivity index (χ3v) is 4.72. The van der Waals surface area contributed by atoms with E-state index in [0.29, 0.717) is 41.1 Å². The summed E-state index contributed by atoms with van der Waals surface area (Å²) in [5, 5.41) is 5.79. The van der Waals surface area contributed by atoms with E-state index < -0.39 is 6.04 Å². The molecule has 6 heteroatoms. The van der Waals surface area contributed by atoms with Gasteiger partial charge in [0.25, 0.3) is 5.91 Å². The number of aryl methyl sites for hydroxylation is 2. The van der Waals surface area contributed by atoms with E-state index in [-0.39, 0.29) is 17.7 Å². The molecule has 29 heavy (non-hydrogen) atoms. The van der Waals surface area contributed by atoms with Gasteiger partial charge < -0.3 is 15.1 Å². The van der Waals surface area contributed by atoms with Gasteiger partial charge in [-0.2, -0.15) is 0 Å². The van der Waals surface area contributed by atoms with E-state index in [1.807, 2.05) is 45.9 Å². The van der Waals surface area contributed by atoms with Crippen LogP contribution in [0.15, 0.2) is 46.9 Å². The van der Waals surface area contributed by atoms with Crippen molar-refractivity contribution in [2.24, 2.45) is 5.92 Å². The van der Waals surface area contributed by atoms with Crippen LogP contribution in [0.25, 0.3) is 11.1 Å². The van der Waals surface area contributed by atoms with Gasteiger partial charge in [0.05, 0.1) is 0 Å². The number of hydrogen-bond acceptors (Lipinski definition) is 4. The number of carbonyl (C=O) groups is 2. The molecular formula is C23H27N3O3. The molecule has 0 bridgehead atoms. The van der Waals surface area contributed by atoms with E-state index >= 15 is 0 Å². The lowest BCUT2D eigenvalue weighted by atomic mass is 10.0. The van der Waals surface area contributed by atoms with E-state index in [1.54, 1.807) is 24.3 Å². The smallest absolute Gasteiger partial charge is 0.252 e. The average molecular weight is 393 g/mol. The Labute approximate surface area is 170 Å². The van der Waals surface area contributed by atoms with Crippen LogP contribution in [-0.4, -0.2) is 22.8 Å². The Hall–Kier alpha value is -3.15. The van der Waals surface area contributed by atoms with E-state index in [1.165, 1.54) is 0 Å². The Morgan fingerprint density at radius 3 is 2.59 bits per heavy atom. The summed E-state index contributed by atoms with van der Waals surface area (Å²) in [6, 6.07) is 12.1. The number of oxazole rings is 1. The first kappa shape index (κ1) is 20.6. The maximum Gasteiger partial charge on any atom is 0.252 e. The van der Waals surface area contributed by atoms with E-state index in [4.69, 9.17) is 4.42 Å². The monoisotopic (exact) mass is 393 g/mol. The number of rotatable bonds is 7. The van der Waals surface area contributed by atoms with Crippen LogP contribution < -0.4 is 10.6 Å². The summed E-state index contributed by atoms with van der Waals surface area (Å²) in [5.74, 6) is 0.405. The fourth-order valence-electron chi connectivity index (χ4n) is 3.20. The summed E-state index contributed by atoms with van der Waals surface area (Å²) >= 11 is 0. The summed E-state index contributed by atoms with van der Waals surface area (Å²) in [6.07, 6.45) is 1.24. The van der Waals surface area contributed by atoms with Gasteiger partial charge in [-0.25, -0.2) is 4.98 Å². The molecule has 0 spiro atoms. The van der Waals surface area contributed by atoms with Gasteiger partial charge in [-0.3, -0.25) is 9.59 Å². The minimum absolute atomic E-state index is 0.244. The van der Waals surface area contributed by atoms with E-state index in [0.717, 1.165) is 5.56 Å². The second kappa shape index (κ2) is 8.90. The zero-order valence-electron chi connectivity index (χ0n) is 17.3. The normalized spacial score (nSPS) is 12.2. The zero-order chi connectivity index (χ0) is 21.0. The number of hydrogen-bond donors (Lipinski definition) is 2. The molecule has 0 radical (unpaired) electrons. The highest BCUT2D eigenvalue weighted by Crippen LogP contribution is 2.21. The fourth-order valence-corrected chi connectivity index (χ4v) is 3.20. The number of nitrogens with zero attached hydrogens (tertiary/aromatic N) is 1. The molecular weight excluding hydrogens is 366 g/mol. The van der Waals surface area contributed by atoms with Crippen molar-refractivity contribution < 1.29 is 14.0 Å². The number of amides is 2. The summed E-state index contributed by atoms with van der Waals surface area (Å²) in [4.78, 5) is 30.0. The van der Waals surface area contributed by atoms with Gasteiger partial charge >= 0.3 is 0 Å². The predicted molar refractivity (Wildman–Crippen MR) is 114 cm³/mol. The SMILES string of the molecule is CCc1nc2cc(NC(=O)C(CC(C)C)NC(=O)c3ccccc3C)ccc2o1. The van der Waals surface area contributed by atoms with Crippen molar-refractivity contribution in [3.63, 3.8) is 0 Å². The molecule has 1 unspecified atom stereocenters. The Morgan fingerprint density at radius 2 is 1.90 bits per heavy atom. The zero-order valence-corrected chi connectivity index (χ0v) is 17.3. The second-order valence-corrected chi connectivity index (χ2v) is 7.60. The van der Waals surface area contributed by atoms with Gasteiger partial charge in [0, 0.05) is 17.7 Å². The Bertz CT molecular complexity index is 1020. The van der Waals surface area contributed by atoms with Crippen molar-refractivity contribution in [3.8, 4) is 0 Å². The lowest BCUT2D eigenvalue weighted by molar-refractivity contribution is -0.118. The first-order valence-electron chi connectivity index (χ1n) is 9.94. The van der Waals surface area contributed by atoms with Gasteiger partial charge in [-0.05, 0) is 49.1 Å². The van der Waals surface area contributed by atoms with Gasteiger partial charge in [0.1, 0.15) is 11.6 Å². The lowest BCUT2D eigenvalue weighted by Crippen LogP contribution is -2.44. The summed E-state index contributed by atoms with van der Waals surface area (Å²) in [6.45, 7) is 7.90. The summed E-state index contributed by atoms with van der Waals surface area (Å²) < 4.78 is 5.61. The molecule has 2 N–H and O–H groups in total. The van der Waals surface area contributed by atoms with Crippen molar-refractivity contribution in [2.45, 2.75) is 46.6 Å². The molecule has 1 aromatic heterocycles. The highest BCUT2D eigenvalue weighted by molar-refractivity contribution is 6.02. The molecule has 0 aliphatic rings. The van der Waals surface area contributed by atoms with Crippen LogP contribution in [0.4, 0.5) is 5.69 Å². The number of aromatic nitrogens is 1. The van der Waals surface area contributed by atoms with Crippen molar-refractivity contribution in [1.82, 2.24) is 10.3 Å². The minimum Gasteiger partial charge on any atom is -0.441 e. The summed E-state index contributed by atoms with van der Waals surface area (Å²) in [7, 11) is 0. The van der Waals surface area contributed by atoms with Crippen LogP contribution >= 0.6 is 0 Å². The van der Waals surface area contributed by atoms with Crippen molar-refractivity contribution in [3.05, 3.63) is 59.5 Å². The number of carbonyl (C=O) groups excluding carboxylic acids is 2. The number of fused-ring (bicyclic) bond motifs is 1. The number of anilines is 1. The average Bonchev–Trinajstić information content (AvgIpc) is 3.10. The molecule has 0 aliphatic heterocycles. The van der Waals surface area contributed by atoms with Crippen LogP contribution in [0.2, 0.25) is 0 Å². The van der Waals surface area contributed by atoms with Crippen LogP contribution in [-0.2, 0) is 11.2 Å². The minimum atomic E-state index is -0.638. The van der Waals surface area contributed by atoms with Crippen LogP contribution in [0.5, 0.6) is 0 Å². The third-order valence-electron chi connectivity index (χ3n) is 4.72. The molecule has 3 aromatic rings. The second-order valence-electron chi connectivity index (χ2n) is 7.60. The van der Waals surface area contributed by atoms with Crippen molar-refractivity contribution >= 4 is 28.6 Å². The van der Waals surface area contributed by atoms with E-state index in [9.17, 15) is 9.59 Å². The van der Waals surface area contributed by atoms with Gasteiger partial charge in [-0.1, -0.05) is 39.0 Å². The fraction of sp³-hybridized carbons (Fsp3) is 0.348. The highest BCUT2D eigenvalue weighted by Gasteiger charge is 2.23. The first-order chi connectivity index (χ1) is 13.9. The van der Waals surface area contributed by atoms with Gasteiger partial charge in [0.15, 0.2) is 11.5 Å². The third kappa shape index (κ3) is 5.02. The molecule has 1 atom stereocenters. The summed E-state index contributed by atoms with van der Waals surface area (Å²) in [5.41, 5.74) is 3.45. The molecule has 152 valence electrons. The van der Waals surface area contributed by atoms with Crippen LogP contribution in [0, 0.1) is 12.8 Å². The maximum atomic E-state index is 12.9. The molecule has 0 saturated heterocycles. The van der Waals surface area contributed by atoms with Gasteiger partial charge in [0.2, 0.25) is 5.91 Å². The van der Waals surface area contributed by atoms with E-state index in [2.05, 4.69) is 15.6 Å². The van der Waals surface area contributed by atoms with Crippen LogP contribution in [0.1, 0.15) is 49.0 Å². The lowest BCUT2D eigenvalue weighted by Gasteiger charge is -2.20. The molecule has 0 fully saturated rings. The Morgan fingerprint density at radius 1 is 1.14 bits per heavy atom. The molecule has 1 heterocycles. The number of benzene rings is 2. The standard InChI is InChI=1S/C23H27N3O3/c1-5-21-25-18-13-16(10-11-20(18)29-21)24-23(28)19(12-14(2)3)26-22(27)17-9-7-6-8-15(17)4/h6-11,13-14,19H,5,12H2,1-4H3,(H,24,28)(H,26,27). The molecule has 0 saturated carbocycles. The molecule has 2 aromatic carbocycles. The topological polar surface area (TPSA) is 84.2 Å². The van der Waals surface area contributed by atoms with Gasteiger partial charge in [-0.15, -0.1) is 0 Å². The van der Waals surface area contributed by atoms with Crippen LogP contribution in [0.3, 0.4) is 0 Å².